The Morgan fingerprint density at radius 1 is 1.06 bits per heavy atom. The molecule has 0 radical (unpaired) electrons. The van der Waals surface area contributed by atoms with Crippen LogP contribution in [0.4, 0.5) is 16.5 Å². The number of amides is 2. The second-order valence-electron chi connectivity index (χ2n) is 8.25. The number of carbonyl (C=O) groups is 2. The fourth-order valence-corrected chi connectivity index (χ4v) is 5.26. The Bertz CT molecular complexity index is 1270. The first-order valence-electron chi connectivity index (χ1n) is 11.2. The van der Waals surface area contributed by atoms with E-state index in [1.54, 1.807) is 29.2 Å². The van der Waals surface area contributed by atoms with E-state index in [1.165, 1.54) is 17.4 Å². The number of nitrogens with one attached hydrogen (secondary N) is 1. The van der Waals surface area contributed by atoms with E-state index >= 15 is 0 Å². The van der Waals surface area contributed by atoms with Crippen molar-refractivity contribution in [2.45, 2.75) is 13.0 Å². The molecule has 2 aliphatic rings. The molecule has 1 fully saturated rings. The topological polar surface area (TPSA) is 118 Å². The third-order valence-electron chi connectivity index (χ3n) is 6.05. The van der Waals surface area contributed by atoms with Crippen LogP contribution in [0.3, 0.4) is 0 Å². The minimum Gasteiger partial charge on any atom is -0.378 e. The molecule has 3 aromatic rings. The molecule has 1 saturated heterocycles. The summed E-state index contributed by atoms with van der Waals surface area (Å²) >= 11 is 1.32. The number of morpholine rings is 1. The normalized spacial score (nSPS) is 15.4. The molecule has 0 bridgehead atoms. The lowest BCUT2D eigenvalue weighted by Gasteiger charge is -2.28. The highest BCUT2D eigenvalue weighted by Crippen LogP contribution is 2.32. The smallest absolute Gasteiger partial charge is 0.293 e. The monoisotopic (exact) mass is 493 g/mol. The van der Waals surface area contributed by atoms with Crippen molar-refractivity contribution >= 4 is 39.7 Å². The second kappa shape index (κ2) is 9.80. The molecule has 0 atom stereocenters. The maximum Gasteiger partial charge on any atom is 0.293 e. The number of thiazole rings is 1. The number of nitrogens with zero attached hydrogens (tertiary/aromatic N) is 4. The molecular formula is C24H23N5O5S. The molecule has 2 aliphatic heterocycles. The van der Waals surface area contributed by atoms with Crippen LogP contribution < -0.4 is 10.2 Å². The lowest BCUT2D eigenvalue weighted by Crippen LogP contribution is -2.36. The molecular weight excluding hydrogens is 470 g/mol. The summed E-state index contributed by atoms with van der Waals surface area (Å²) in [6.45, 7) is 3.09. The fourth-order valence-electron chi connectivity index (χ4n) is 4.24. The van der Waals surface area contributed by atoms with E-state index in [2.05, 4.69) is 10.3 Å². The van der Waals surface area contributed by atoms with Crippen molar-refractivity contribution in [2.75, 3.05) is 43.1 Å². The molecule has 1 N–H and O–H groups in total. The highest BCUT2D eigenvalue weighted by atomic mass is 32.1. The molecule has 0 saturated carbocycles. The number of nitro groups is 1. The second-order valence-corrected chi connectivity index (χ2v) is 9.33. The van der Waals surface area contributed by atoms with Crippen LogP contribution >= 0.6 is 11.3 Å². The van der Waals surface area contributed by atoms with Gasteiger partial charge in [-0.2, -0.15) is 0 Å². The Balaban J connectivity index is 1.30. The summed E-state index contributed by atoms with van der Waals surface area (Å²) in [7, 11) is 0. The highest BCUT2D eigenvalue weighted by Gasteiger charge is 2.27. The van der Waals surface area contributed by atoms with Crippen LogP contribution in [0.2, 0.25) is 0 Å². The summed E-state index contributed by atoms with van der Waals surface area (Å²) in [5.74, 6) is -0.507. The summed E-state index contributed by atoms with van der Waals surface area (Å²) in [4.78, 5) is 46.0. The van der Waals surface area contributed by atoms with Gasteiger partial charge in [-0.3, -0.25) is 25.0 Å². The number of benzene rings is 2. The van der Waals surface area contributed by atoms with Gasteiger partial charge in [-0.25, -0.2) is 4.98 Å². The third-order valence-corrected chi connectivity index (χ3v) is 7.04. The Morgan fingerprint density at radius 3 is 2.57 bits per heavy atom. The van der Waals surface area contributed by atoms with E-state index in [1.807, 2.05) is 23.1 Å². The van der Waals surface area contributed by atoms with Gasteiger partial charge in [0, 0.05) is 48.1 Å². The van der Waals surface area contributed by atoms with Crippen LogP contribution in [0.5, 0.6) is 0 Å². The minimum absolute atomic E-state index is 0.0390. The van der Waals surface area contributed by atoms with Gasteiger partial charge in [0.15, 0.2) is 5.13 Å². The predicted octanol–water partition coefficient (Wildman–Crippen LogP) is 3.34. The van der Waals surface area contributed by atoms with Crippen molar-refractivity contribution < 1.29 is 19.2 Å². The van der Waals surface area contributed by atoms with Crippen LogP contribution in [0, 0.1) is 10.1 Å². The largest absolute Gasteiger partial charge is 0.378 e. The Hall–Kier alpha value is -3.83. The molecule has 3 heterocycles. The zero-order valence-electron chi connectivity index (χ0n) is 18.8. The number of hydrogen-bond acceptors (Lipinski definition) is 8. The average molecular weight is 494 g/mol. The van der Waals surface area contributed by atoms with Crippen molar-refractivity contribution in [3.63, 3.8) is 0 Å². The molecule has 0 aliphatic carbocycles. The van der Waals surface area contributed by atoms with Gasteiger partial charge in [0.25, 0.3) is 17.5 Å². The zero-order chi connectivity index (χ0) is 24.4. The van der Waals surface area contributed by atoms with Crippen LogP contribution in [0.25, 0.3) is 0 Å². The first-order chi connectivity index (χ1) is 17.0. The first kappa shape index (κ1) is 22.9. The van der Waals surface area contributed by atoms with Gasteiger partial charge >= 0.3 is 0 Å². The predicted molar refractivity (Wildman–Crippen MR) is 131 cm³/mol. The lowest BCUT2D eigenvalue weighted by atomic mass is 10.1. The number of carbonyl (C=O) groups excluding carboxylic acids is 2. The third kappa shape index (κ3) is 4.86. The van der Waals surface area contributed by atoms with E-state index in [4.69, 9.17) is 4.74 Å². The number of fused-ring (bicyclic) bond motifs is 1. The standard InChI is InChI=1S/C24H23N5O5S/c30-22(17-6-7-19(20(14-17)29(32)33)27-10-12-34-13-11-27)26-24-25-18-8-9-28(15-21(18)35-24)23(31)16-4-2-1-3-5-16/h1-7,14H,8-13,15H2,(H,25,26,30). The van der Waals surface area contributed by atoms with Gasteiger partial charge in [0.1, 0.15) is 5.69 Å². The van der Waals surface area contributed by atoms with Crippen molar-refractivity contribution in [2.24, 2.45) is 0 Å². The summed E-state index contributed by atoms with van der Waals surface area (Å²) < 4.78 is 5.32. The van der Waals surface area contributed by atoms with E-state index in [9.17, 15) is 19.7 Å². The van der Waals surface area contributed by atoms with Gasteiger partial charge in [-0.15, -0.1) is 0 Å². The molecule has 2 aromatic carbocycles. The van der Waals surface area contributed by atoms with Gasteiger partial charge in [-0.1, -0.05) is 29.5 Å². The molecule has 1 aromatic heterocycles. The number of rotatable bonds is 5. The highest BCUT2D eigenvalue weighted by molar-refractivity contribution is 7.15. The molecule has 35 heavy (non-hydrogen) atoms. The number of aromatic nitrogens is 1. The van der Waals surface area contributed by atoms with Crippen LogP contribution in [-0.4, -0.2) is 59.5 Å². The fraction of sp³-hybridized carbons (Fsp3) is 0.292. The molecule has 10 nitrogen and oxygen atoms in total. The van der Waals surface area contributed by atoms with Crippen molar-refractivity contribution in [1.29, 1.82) is 0 Å². The Labute approximate surface area is 205 Å². The van der Waals surface area contributed by atoms with Gasteiger partial charge in [0.05, 0.1) is 30.4 Å². The maximum absolute atomic E-state index is 12.9. The molecule has 2 amide bonds. The maximum atomic E-state index is 12.9. The van der Waals surface area contributed by atoms with Gasteiger partial charge in [0.2, 0.25) is 0 Å². The van der Waals surface area contributed by atoms with E-state index in [0.29, 0.717) is 62.2 Å². The van der Waals surface area contributed by atoms with E-state index < -0.39 is 10.8 Å². The number of ether oxygens (including phenoxy) is 1. The molecule has 0 unspecified atom stereocenters. The van der Waals surface area contributed by atoms with E-state index in [0.717, 1.165) is 10.6 Å². The van der Waals surface area contributed by atoms with Gasteiger partial charge < -0.3 is 14.5 Å². The first-order valence-corrected chi connectivity index (χ1v) is 12.1. The Morgan fingerprint density at radius 2 is 1.83 bits per heavy atom. The minimum atomic E-state index is -0.470. The Kier molecular flexibility index (Phi) is 6.43. The number of nitro benzene ring substituents is 1. The molecule has 180 valence electrons. The summed E-state index contributed by atoms with van der Waals surface area (Å²) in [5, 5.41) is 14.9. The lowest BCUT2D eigenvalue weighted by molar-refractivity contribution is -0.384. The van der Waals surface area contributed by atoms with Crippen LogP contribution in [0.15, 0.2) is 48.5 Å². The van der Waals surface area contributed by atoms with Gasteiger partial charge in [-0.05, 0) is 24.3 Å². The van der Waals surface area contributed by atoms with Crippen molar-refractivity contribution in [3.8, 4) is 0 Å². The summed E-state index contributed by atoms with van der Waals surface area (Å²) in [6, 6.07) is 13.6. The average Bonchev–Trinajstić information content (AvgIpc) is 3.30. The molecule has 11 heteroatoms. The molecule has 5 rings (SSSR count). The summed E-state index contributed by atoms with van der Waals surface area (Å²) in [6.07, 6.45) is 0.597. The SMILES string of the molecule is O=C(Nc1nc2c(s1)CN(C(=O)c1ccccc1)CC2)c1ccc(N2CCOCC2)c([N+](=O)[O-])c1. The van der Waals surface area contributed by atoms with Crippen LogP contribution in [-0.2, 0) is 17.7 Å². The zero-order valence-corrected chi connectivity index (χ0v) is 19.6. The number of hydrogen-bond donors (Lipinski definition) is 1. The van der Waals surface area contributed by atoms with Crippen molar-refractivity contribution in [1.82, 2.24) is 9.88 Å². The number of anilines is 2. The van der Waals surface area contributed by atoms with E-state index in [-0.39, 0.29) is 17.2 Å². The summed E-state index contributed by atoms with van der Waals surface area (Å²) in [5.41, 5.74) is 2.03. The quantitative estimate of drug-likeness (QED) is 0.428. The molecule has 0 spiro atoms. The van der Waals surface area contributed by atoms with Crippen molar-refractivity contribution in [3.05, 3.63) is 80.3 Å². The van der Waals surface area contributed by atoms with Crippen LogP contribution in [0.1, 0.15) is 31.3 Å².